The normalized spacial score (nSPS) is 11.2. The molecule has 0 aliphatic carbocycles. The van der Waals surface area contributed by atoms with Crippen LogP contribution in [-0.4, -0.2) is 31.1 Å². The van der Waals surface area contributed by atoms with Gasteiger partial charge in [0, 0.05) is 21.5 Å². The van der Waals surface area contributed by atoms with Crippen LogP contribution in [0.5, 0.6) is 0 Å². The molecule has 0 atom stereocenters. The van der Waals surface area contributed by atoms with Gasteiger partial charge < -0.3 is 4.74 Å². The molecule has 0 fully saturated rings. The molecule has 1 aromatic carbocycles. The summed E-state index contributed by atoms with van der Waals surface area (Å²) in [6.07, 6.45) is 0.986. The molecule has 2 rings (SSSR count). The van der Waals surface area contributed by atoms with E-state index < -0.39 is 0 Å². The summed E-state index contributed by atoms with van der Waals surface area (Å²) >= 11 is 8.13. The van der Waals surface area contributed by atoms with Crippen LogP contribution in [0.25, 0.3) is 10.1 Å². The Bertz CT molecular complexity index is 597. The highest BCUT2D eigenvalue weighted by molar-refractivity contribution is 7.19. The van der Waals surface area contributed by atoms with Crippen LogP contribution in [0.2, 0.25) is 5.02 Å². The Labute approximate surface area is 128 Å². The summed E-state index contributed by atoms with van der Waals surface area (Å²) in [5, 5.41) is 1.89. The minimum atomic E-state index is -0.212. The summed E-state index contributed by atoms with van der Waals surface area (Å²) in [5.41, 5.74) is 0. The third-order valence-corrected chi connectivity index (χ3v) is 4.79. The number of ether oxygens (including phenoxy) is 1. The highest BCUT2D eigenvalue weighted by Gasteiger charge is 2.15. The third-order valence-electron chi connectivity index (χ3n) is 3.09. The summed E-state index contributed by atoms with van der Waals surface area (Å²) < 4.78 is 5.93. The van der Waals surface area contributed by atoms with Crippen LogP contribution in [0.15, 0.2) is 24.3 Å². The van der Waals surface area contributed by atoms with Gasteiger partial charge in [-0.2, -0.15) is 0 Å². The average Bonchev–Trinajstić information content (AvgIpc) is 2.76. The van der Waals surface area contributed by atoms with E-state index in [4.69, 9.17) is 16.3 Å². The summed E-state index contributed by atoms with van der Waals surface area (Å²) in [5.74, 6) is -0.212. The number of methoxy groups -OCH3 is 1. The van der Waals surface area contributed by atoms with E-state index in [2.05, 4.69) is 17.9 Å². The predicted molar refractivity (Wildman–Crippen MR) is 84.4 cm³/mol. The van der Waals surface area contributed by atoms with Crippen LogP contribution in [0.4, 0.5) is 0 Å². The molecule has 0 saturated carbocycles. The van der Waals surface area contributed by atoms with Crippen molar-refractivity contribution in [3.05, 3.63) is 34.2 Å². The van der Waals surface area contributed by atoms with Gasteiger partial charge in [-0.25, -0.2) is 0 Å². The Balaban J connectivity index is 2.19. The SMILES string of the molecule is CCCN(CC(=O)OC)Cc1sc2ccccc2c1Cl. The van der Waals surface area contributed by atoms with Crippen LogP contribution in [0, 0.1) is 0 Å². The van der Waals surface area contributed by atoms with Gasteiger partial charge in [-0.3, -0.25) is 9.69 Å². The molecule has 108 valence electrons. The Morgan fingerprint density at radius 3 is 2.80 bits per heavy atom. The van der Waals surface area contributed by atoms with Crippen LogP contribution < -0.4 is 0 Å². The zero-order valence-corrected chi connectivity index (χ0v) is 13.3. The van der Waals surface area contributed by atoms with Crippen LogP contribution >= 0.6 is 22.9 Å². The van der Waals surface area contributed by atoms with Gasteiger partial charge in [0.05, 0.1) is 18.7 Å². The van der Waals surface area contributed by atoms with Crippen molar-refractivity contribution in [1.29, 1.82) is 0 Å². The quantitative estimate of drug-likeness (QED) is 0.757. The van der Waals surface area contributed by atoms with E-state index in [0.717, 1.165) is 28.3 Å². The molecule has 5 heteroatoms. The van der Waals surface area contributed by atoms with Crippen LogP contribution in [0.3, 0.4) is 0 Å². The van der Waals surface area contributed by atoms with Gasteiger partial charge in [-0.15, -0.1) is 11.3 Å². The molecule has 0 amide bonds. The number of carbonyl (C=O) groups is 1. The predicted octanol–water partition coefficient (Wildman–Crippen LogP) is 3.94. The Hall–Kier alpha value is -1.10. The number of nitrogens with zero attached hydrogens (tertiary/aromatic N) is 1. The van der Waals surface area contributed by atoms with Crippen molar-refractivity contribution in [2.75, 3.05) is 20.2 Å². The van der Waals surface area contributed by atoms with E-state index in [1.165, 1.54) is 11.8 Å². The van der Waals surface area contributed by atoms with Gasteiger partial charge in [-0.05, 0) is 19.0 Å². The molecule has 0 aliphatic rings. The van der Waals surface area contributed by atoms with E-state index in [9.17, 15) is 4.79 Å². The Morgan fingerprint density at radius 1 is 1.40 bits per heavy atom. The molecule has 0 aliphatic heterocycles. The fourth-order valence-electron chi connectivity index (χ4n) is 2.15. The van der Waals surface area contributed by atoms with E-state index >= 15 is 0 Å². The van der Waals surface area contributed by atoms with Crippen molar-refractivity contribution in [2.24, 2.45) is 0 Å². The van der Waals surface area contributed by atoms with Gasteiger partial charge in [0.25, 0.3) is 0 Å². The topological polar surface area (TPSA) is 29.5 Å². The lowest BCUT2D eigenvalue weighted by atomic mass is 10.2. The molecular weight excluding hydrogens is 294 g/mol. The fourth-order valence-corrected chi connectivity index (χ4v) is 3.68. The highest BCUT2D eigenvalue weighted by Crippen LogP contribution is 2.35. The molecule has 20 heavy (non-hydrogen) atoms. The summed E-state index contributed by atoms with van der Waals surface area (Å²) in [7, 11) is 1.42. The molecule has 0 radical (unpaired) electrons. The van der Waals surface area contributed by atoms with Crippen molar-refractivity contribution < 1.29 is 9.53 Å². The number of hydrogen-bond acceptors (Lipinski definition) is 4. The number of halogens is 1. The molecule has 0 saturated heterocycles. The van der Waals surface area contributed by atoms with Crippen LogP contribution in [0.1, 0.15) is 18.2 Å². The lowest BCUT2D eigenvalue weighted by Crippen LogP contribution is -2.30. The second kappa shape index (κ2) is 7.07. The number of carbonyl (C=O) groups excluding carboxylic acids is 1. The minimum Gasteiger partial charge on any atom is -0.468 e. The lowest BCUT2D eigenvalue weighted by Gasteiger charge is -2.19. The van der Waals surface area contributed by atoms with E-state index in [0.29, 0.717) is 13.1 Å². The van der Waals surface area contributed by atoms with Crippen LogP contribution in [-0.2, 0) is 16.1 Å². The maximum absolute atomic E-state index is 11.5. The van der Waals surface area contributed by atoms with E-state index in [-0.39, 0.29) is 5.97 Å². The first-order chi connectivity index (χ1) is 9.65. The molecule has 1 aromatic heterocycles. The molecule has 2 aromatic rings. The maximum Gasteiger partial charge on any atom is 0.319 e. The molecular formula is C15H18ClNO2S. The number of hydrogen-bond donors (Lipinski definition) is 0. The zero-order chi connectivity index (χ0) is 14.5. The van der Waals surface area contributed by atoms with Crippen molar-refractivity contribution in [2.45, 2.75) is 19.9 Å². The first-order valence-corrected chi connectivity index (χ1v) is 7.80. The van der Waals surface area contributed by atoms with Gasteiger partial charge >= 0.3 is 5.97 Å². The number of rotatable bonds is 6. The summed E-state index contributed by atoms with van der Waals surface area (Å²) in [6.45, 7) is 3.92. The monoisotopic (exact) mass is 311 g/mol. The maximum atomic E-state index is 11.5. The van der Waals surface area contributed by atoms with Crippen molar-refractivity contribution >= 4 is 39.0 Å². The van der Waals surface area contributed by atoms with Gasteiger partial charge in [-0.1, -0.05) is 36.7 Å². The minimum absolute atomic E-state index is 0.212. The van der Waals surface area contributed by atoms with Gasteiger partial charge in [0.15, 0.2) is 0 Å². The number of esters is 1. The molecule has 0 bridgehead atoms. The standard InChI is InChI=1S/C15H18ClNO2S/c1-3-8-17(10-14(18)19-2)9-13-15(16)11-6-4-5-7-12(11)20-13/h4-7H,3,8-10H2,1-2H3. The third kappa shape index (κ3) is 3.51. The Morgan fingerprint density at radius 2 is 2.15 bits per heavy atom. The second-order valence-corrected chi connectivity index (χ2v) is 6.14. The average molecular weight is 312 g/mol. The van der Waals surface area contributed by atoms with Crippen molar-refractivity contribution in [3.63, 3.8) is 0 Å². The summed E-state index contributed by atoms with van der Waals surface area (Å²) in [4.78, 5) is 14.6. The zero-order valence-electron chi connectivity index (χ0n) is 11.7. The second-order valence-electron chi connectivity index (χ2n) is 4.62. The molecule has 0 spiro atoms. The highest BCUT2D eigenvalue weighted by atomic mass is 35.5. The number of benzene rings is 1. The van der Waals surface area contributed by atoms with E-state index in [1.54, 1.807) is 11.3 Å². The molecule has 3 nitrogen and oxygen atoms in total. The Kier molecular flexibility index (Phi) is 5.40. The lowest BCUT2D eigenvalue weighted by molar-refractivity contribution is -0.142. The summed E-state index contributed by atoms with van der Waals surface area (Å²) in [6, 6.07) is 8.10. The number of fused-ring (bicyclic) bond motifs is 1. The smallest absolute Gasteiger partial charge is 0.319 e. The van der Waals surface area contributed by atoms with Crippen molar-refractivity contribution in [1.82, 2.24) is 4.90 Å². The van der Waals surface area contributed by atoms with Gasteiger partial charge in [0.1, 0.15) is 0 Å². The molecule has 1 heterocycles. The number of thiophene rings is 1. The van der Waals surface area contributed by atoms with Crippen molar-refractivity contribution in [3.8, 4) is 0 Å². The largest absolute Gasteiger partial charge is 0.468 e. The molecule has 0 N–H and O–H groups in total. The first kappa shape index (κ1) is 15.3. The van der Waals surface area contributed by atoms with E-state index in [1.807, 2.05) is 18.2 Å². The molecule has 0 unspecified atom stereocenters. The first-order valence-electron chi connectivity index (χ1n) is 6.60. The fraction of sp³-hybridized carbons (Fsp3) is 0.400. The van der Waals surface area contributed by atoms with Gasteiger partial charge in [0.2, 0.25) is 0 Å².